The quantitative estimate of drug-likeness (QED) is 0.858. The van der Waals surface area contributed by atoms with E-state index in [1.807, 2.05) is 0 Å². The highest BCUT2D eigenvalue weighted by molar-refractivity contribution is 5.54. The standard InChI is InChI=1S/C15H24N2/c1-12-6-7-13(2)15(11-12)17(3)10-8-14-5-4-9-16-14/h6-7,11,14,16H,4-5,8-10H2,1-3H3. The largest absolute Gasteiger partial charge is 0.374 e. The molecule has 1 saturated heterocycles. The molecule has 2 rings (SSSR count). The minimum absolute atomic E-state index is 0.738. The van der Waals surface area contributed by atoms with Crippen LogP contribution in [0.15, 0.2) is 18.2 Å². The summed E-state index contributed by atoms with van der Waals surface area (Å²) < 4.78 is 0. The Morgan fingerprint density at radius 1 is 1.35 bits per heavy atom. The molecule has 1 unspecified atom stereocenters. The SMILES string of the molecule is Cc1ccc(C)c(N(C)CCC2CCCN2)c1. The monoisotopic (exact) mass is 232 g/mol. The van der Waals surface area contributed by atoms with Gasteiger partial charge < -0.3 is 10.2 Å². The number of benzene rings is 1. The molecule has 0 radical (unpaired) electrons. The lowest BCUT2D eigenvalue weighted by molar-refractivity contribution is 0.559. The van der Waals surface area contributed by atoms with Crippen LogP contribution in [0, 0.1) is 13.8 Å². The molecule has 1 fully saturated rings. The predicted molar refractivity (Wildman–Crippen MR) is 74.8 cm³/mol. The van der Waals surface area contributed by atoms with Crippen LogP contribution in [0.4, 0.5) is 5.69 Å². The van der Waals surface area contributed by atoms with Crippen molar-refractivity contribution in [2.75, 3.05) is 25.0 Å². The highest BCUT2D eigenvalue weighted by Gasteiger charge is 2.14. The van der Waals surface area contributed by atoms with Crippen LogP contribution in [0.1, 0.15) is 30.4 Å². The van der Waals surface area contributed by atoms with Gasteiger partial charge in [0, 0.05) is 25.3 Å². The maximum Gasteiger partial charge on any atom is 0.0395 e. The molecule has 2 nitrogen and oxygen atoms in total. The molecular weight excluding hydrogens is 208 g/mol. The van der Waals surface area contributed by atoms with E-state index in [-0.39, 0.29) is 0 Å². The molecule has 1 aliphatic heterocycles. The number of hydrogen-bond donors (Lipinski definition) is 1. The van der Waals surface area contributed by atoms with Gasteiger partial charge in [-0.2, -0.15) is 0 Å². The van der Waals surface area contributed by atoms with Gasteiger partial charge in [-0.1, -0.05) is 12.1 Å². The van der Waals surface area contributed by atoms with Crippen LogP contribution in [0.5, 0.6) is 0 Å². The normalized spacial score (nSPS) is 19.6. The van der Waals surface area contributed by atoms with Crippen LogP contribution in [-0.4, -0.2) is 26.2 Å². The molecular formula is C15H24N2. The van der Waals surface area contributed by atoms with Gasteiger partial charge in [0.2, 0.25) is 0 Å². The summed E-state index contributed by atoms with van der Waals surface area (Å²) in [5, 5.41) is 3.56. The van der Waals surface area contributed by atoms with Crippen LogP contribution >= 0.6 is 0 Å². The molecule has 1 heterocycles. The Bertz CT molecular complexity index is 367. The summed E-state index contributed by atoms with van der Waals surface area (Å²) in [6.07, 6.45) is 3.95. The first-order valence-corrected chi connectivity index (χ1v) is 6.68. The Morgan fingerprint density at radius 3 is 2.88 bits per heavy atom. The highest BCUT2D eigenvalue weighted by Crippen LogP contribution is 2.21. The number of hydrogen-bond acceptors (Lipinski definition) is 2. The number of nitrogens with zero attached hydrogens (tertiary/aromatic N) is 1. The maximum absolute atomic E-state index is 3.56. The fourth-order valence-corrected chi connectivity index (χ4v) is 2.60. The van der Waals surface area contributed by atoms with E-state index in [0.29, 0.717) is 0 Å². The molecule has 1 aliphatic rings. The number of aryl methyl sites for hydroxylation is 2. The molecule has 0 spiro atoms. The van der Waals surface area contributed by atoms with Crippen LogP contribution < -0.4 is 10.2 Å². The number of nitrogens with one attached hydrogen (secondary N) is 1. The molecule has 1 aromatic carbocycles. The van der Waals surface area contributed by atoms with Crippen molar-refractivity contribution < 1.29 is 0 Å². The zero-order chi connectivity index (χ0) is 12.3. The van der Waals surface area contributed by atoms with E-state index < -0.39 is 0 Å². The lowest BCUT2D eigenvalue weighted by Crippen LogP contribution is -2.28. The van der Waals surface area contributed by atoms with Crippen molar-refractivity contribution in [3.8, 4) is 0 Å². The lowest BCUT2D eigenvalue weighted by atomic mass is 10.1. The molecule has 1 aromatic rings. The molecule has 2 heteroatoms. The van der Waals surface area contributed by atoms with Crippen molar-refractivity contribution in [2.45, 2.75) is 39.2 Å². The van der Waals surface area contributed by atoms with Gasteiger partial charge in [0.1, 0.15) is 0 Å². The van der Waals surface area contributed by atoms with Gasteiger partial charge in [0.25, 0.3) is 0 Å². The first kappa shape index (κ1) is 12.4. The fraction of sp³-hybridized carbons (Fsp3) is 0.600. The molecule has 0 bridgehead atoms. The predicted octanol–water partition coefficient (Wildman–Crippen LogP) is 2.88. The summed E-state index contributed by atoms with van der Waals surface area (Å²) in [6, 6.07) is 7.43. The first-order valence-electron chi connectivity index (χ1n) is 6.68. The summed E-state index contributed by atoms with van der Waals surface area (Å²) in [7, 11) is 2.21. The van der Waals surface area contributed by atoms with E-state index in [1.54, 1.807) is 0 Å². The molecule has 0 aromatic heterocycles. The van der Waals surface area contributed by atoms with Gasteiger partial charge in [-0.25, -0.2) is 0 Å². The zero-order valence-corrected chi connectivity index (χ0v) is 11.3. The Kier molecular flexibility index (Phi) is 4.06. The van der Waals surface area contributed by atoms with Crippen molar-refractivity contribution in [1.82, 2.24) is 5.32 Å². The molecule has 0 saturated carbocycles. The number of rotatable bonds is 4. The maximum atomic E-state index is 3.56. The topological polar surface area (TPSA) is 15.3 Å². The second-order valence-electron chi connectivity index (χ2n) is 5.29. The third kappa shape index (κ3) is 3.22. The molecule has 1 N–H and O–H groups in total. The van der Waals surface area contributed by atoms with Crippen LogP contribution in [0.3, 0.4) is 0 Å². The van der Waals surface area contributed by atoms with Crippen molar-refractivity contribution in [3.63, 3.8) is 0 Å². The van der Waals surface area contributed by atoms with E-state index in [9.17, 15) is 0 Å². The average molecular weight is 232 g/mol. The summed E-state index contributed by atoms with van der Waals surface area (Å²) in [6.45, 7) is 6.70. The van der Waals surface area contributed by atoms with E-state index in [0.717, 1.165) is 12.6 Å². The van der Waals surface area contributed by atoms with Crippen molar-refractivity contribution in [2.24, 2.45) is 0 Å². The summed E-state index contributed by atoms with van der Waals surface area (Å²) in [4.78, 5) is 2.39. The average Bonchev–Trinajstić information content (AvgIpc) is 2.82. The van der Waals surface area contributed by atoms with Gasteiger partial charge in [0.05, 0.1) is 0 Å². The zero-order valence-electron chi connectivity index (χ0n) is 11.3. The van der Waals surface area contributed by atoms with Crippen LogP contribution in [0.25, 0.3) is 0 Å². The summed E-state index contributed by atoms with van der Waals surface area (Å²) in [5.74, 6) is 0. The van der Waals surface area contributed by atoms with Gasteiger partial charge >= 0.3 is 0 Å². The van der Waals surface area contributed by atoms with E-state index >= 15 is 0 Å². The lowest BCUT2D eigenvalue weighted by Gasteiger charge is -2.23. The second kappa shape index (κ2) is 5.54. The van der Waals surface area contributed by atoms with Gasteiger partial charge in [-0.05, 0) is 56.8 Å². The molecule has 1 atom stereocenters. The Hall–Kier alpha value is -1.02. The van der Waals surface area contributed by atoms with Crippen molar-refractivity contribution in [3.05, 3.63) is 29.3 Å². The van der Waals surface area contributed by atoms with E-state index in [4.69, 9.17) is 0 Å². The molecule has 0 amide bonds. The second-order valence-corrected chi connectivity index (χ2v) is 5.29. The Balaban J connectivity index is 1.93. The third-order valence-electron chi connectivity index (χ3n) is 3.75. The molecule has 17 heavy (non-hydrogen) atoms. The summed E-state index contributed by atoms with van der Waals surface area (Å²) in [5.41, 5.74) is 4.09. The number of anilines is 1. The molecule has 0 aliphatic carbocycles. The van der Waals surface area contributed by atoms with Gasteiger partial charge in [0.15, 0.2) is 0 Å². The van der Waals surface area contributed by atoms with Crippen molar-refractivity contribution >= 4 is 5.69 Å². The summed E-state index contributed by atoms with van der Waals surface area (Å²) >= 11 is 0. The molecule has 94 valence electrons. The first-order chi connectivity index (χ1) is 8.16. The van der Waals surface area contributed by atoms with E-state index in [1.165, 1.54) is 42.6 Å². The van der Waals surface area contributed by atoms with Crippen LogP contribution in [0.2, 0.25) is 0 Å². The highest BCUT2D eigenvalue weighted by atomic mass is 15.1. The van der Waals surface area contributed by atoms with Crippen LogP contribution in [-0.2, 0) is 0 Å². The Morgan fingerprint density at radius 2 is 2.18 bits per heavy atom. The fourth-order valence-electron chi connectivity index (χ4n) is 2.60. The minimum Gasteiger partial charge on any atom is -0.374 e. The minimum atomic E-state index is 0.738. The van der Waals surface area contributed by atoms with Gasteiger partial charge in [-0.3, -0.25) is 0 Å². The third-order valence-corrected chi connectivity index (χ3v) is 3.75. The Labute approximate surface area is 105 Å². The smallest absolute Gasteiger partial charge is 0.0395 e. The van der Waals surface area contributed by atoms with E-state index in [2.05, 4.69) is 49.3 Å². The van der Waals surface area contributed by atoms with Crippen molar-refractivity contribution in [1.29, 1.82) is 0 Å². The van der Waals surface area contributed by atoms with Gasteiger partial charge in [-0.15, -0.1) is 0 Å².